The Morgan fingerprint density at radius 3 is 2.75 bits per heavy atom. The standard InChI is InChI=1S/C11H15ClN2O2/c1-11(2,6-5-10(15)16)14-9-4-3-8(12)7-13-9/h3-4,7H,5-6H2,1-2H3,(H,13,14)(H,15,16). The lowest BCUT2D eigenvalue weighted by molar-refractivity contribution is -0.137. The lowest BCUT2D eigenvalue weighted by atomic mass is 9.98. The number of pyridine rings is 1. The number of nitrogens with zero attached hydrogens (tertiary/aromatic N) is 1. The van der Waals surface area contributed by atoms with Crippen molar-refractivity contribution in [3.63, 3.8) is 0 Å². The molecule has 1 aromatic heterocycles. The number of hydrogen-bond donors (Lipinski definition) is 2. The van der Waals surface area contributed by atoms with Gasteiger partial charge in [0.2, 0.25) is 0 Å². The summed E-state index contributed by atoms with van der Waals surface area (Å²) < 4.78 is 0. The normalized spacial score (nSPS) is 11.2. The molecule has 0 fully saturated rings. The molecule has 0 aliphatic carbocycles. The molecule has 0 radical (unpaired) electrons. The maximum Gasteiger partial charge on any atom is 0.303 e. The number of hydrogen-bond acceptors (Lipinski definition) is 3. The number of carboxylic acids is 1. The van der Waals surface area contributed by atoms with Crippen LogP contribution in [-0.2, 0) is 4.79 Å². The molecule has 1 heterocycles. The summed E-state index contributed by atoms with van der Waals surface area (Å²) in [6, 6.07) is 3.51. The molecule has 1 rings (SSSR count). The van der Waals surface area contributed by atoms with Gasteiger partial charge in [-0.3, -0.25) is 4.79 Å². The minimum Gasteiger partial charge on any atom is -0.481 e. The second-order valence-corrected chi connectivity index (χ2v) is 4.70. The largest absolute Gasteiger partial charge is 0.481 e. The second kappa shape index (κ2) is 5.16. The van der Waals surface area contributed by atoms with E-state index in [1.54, 1.807) is 18.3 Å². The first kappa shape index (κ1) is 12.8. The van der Waals surface area contributed by atoms with Gasteiger partial charge in [-0.25, -0.2) is 4.98 Å². The zero-order valence-electron chi connectivity index (χ0n) is 9.33. The lowest BCUT2D eigenvalue weighted by Gasteiger charge is -2.26. The van der Waals surface area contributed by atoms with Crippen LogP contribution < -0.4 is 5.32 Å². The average molecular weight is 243 g/mol. The predicted octanol–water partition coefficient (Wildman–Crippen LogP) is 2.79. The van der Waals surface area contributed by atoms with E-state index in [9.17, 15) is 4.79 Å². The van der Waals surface area contributed by atoms with Crippen LogP contribution in [0.3, 0.4) is 0 Å². The van der Waals surface area contributed by atoms with Crippen LogP contribution in [-0.4, -0.2) is 21.6 Å². The molecule has 0 bridgehead atoms. The van der Waals surface area contributed by atoms with Crippen molar-refractivity contribution < 1.29 is 9.90 Å². The van der Waals surface area contributed by atoms with Gasteiger partial charge < -0.3 is 10.4 Å². The van der Waals surface area contributed by atoms with Crippen molar-refractivity contribution in [2.24, 2.45) is 0 Å². The molecule has 0 atom stereocenters. The highest BCUT2D eigenvalue weighted by molar-refractivity contribution is 6.30. The summed E-state index contributed by atoms with van der Waals surface area (Å²) in [5.41, 5.74) is -0.306. The number of carbonyl (C=O) groups is 1. The molecule has 0 unspecified atom stereocenters. The first-order valence-corrected chi connectivity index (χ1v) is 5.38. The first-order valence-electron chi connectivity index (χ1n) is 5.00. The molecule has 5 heteroatoms. The van der Waals surface area contributed by atoms with E-state index < -0.39 is 5.97 Å². The maximum absolute atomic E-state index is 10.5. The van der Waals surface area contributed by atoms with Crippen molar-refractivity contribution in [3.05, 3.63) is 23.4 Å². The summed E-state index contributed by atoms with van der Waals surface area (Å²) in [5.74, 6) is -0.0984. The fourth-order valence-corrected chi connectivity index (χ4v) is 1.39. The van der Waals surface area contributed by atoms with Crippen LogP contribution in [0.25, 0.3) is 0 Å². The number of rotatable bonds is 5. The van der Waals surface area contributed by atoms with Crippen LogP contribution >= 0.6 is 11.6 Å². The highest BCUT2D eigenvalue weighted by Gasteiger charge is 2.19. The number of halogens is 1. The zero-order valence-corrected chi connectivity index (χ0v) is 10.1. The number of nitrogens with one attached hydrogen (secondary N) is 1. The van der Waals surface area contributed by atoms with Crippen molar-refractivity contribution in [2.75, 3.05) is 5.32 Å². The Labute approximate surface area is 99.6 Å². The van der Waals surface area contributed by atoms with Gasteiger partial charge in [-0.1, -0.05) is 11.6 Å². The molecule has 0 aliphatic rings. The minimum absolute atomic E-state index is 0.133. The molecular formula is C11H15ClN2O2. The van der Waals surface area contributed by atoms with Gasteiger partial charge in [-0.05, 0) is 32.4 Å². The number of aromatic nitrogens is 1. The molecule has 1 aromatic rings. The van der Waals surface area contributed by atoms with Crippen molar-refractivity contribution >= 4 is 23.4 Å². The minimum atomic E-state index is -0.793. The van der Waals surface area contributed by atoms with E-state index in [0.717, 1.165) is 0 Å². The van der Waals surface area contributed by atoms with Crippen LogP contribution in [0.1, 0.15) is 26.7 Å². The second-order valence-electron chi connectivity index (χ2n) is 4.26. The molecule has 0 saturated carbocycles. The molecule has 0 aliphatic heterocycles. The molecule has 2 N–H and O–H groups in total. The van der Waals surface area contributed by atoms with Crippen molar-refractivity contribution in [1.29, 1.82) is 0 Å². The van der Waals surface area contributed by atoms with Crippen LogP contribution in [0, 0.1) is 0 Å². The van der Waals surface area contributed by atoms with E-state index in [1.165, 1.54) is 0 Å². The van der Waals surface area contributed by atoms with Crippen molar-refractivity contribution in [1.82, 2.24) is 4.98 Å². The van der Waals surface area contributed by atoms with Gasteiger partial charge in [0.25, 0.3) is 0 Å². The van der Waals surface area contributed by atoms with Gasteiger partial charge in [0.15, 0.2) is 0 Å². The molecule has 0 saturated heterocycles. The van der Waals surface area contributed by atoms with Gasteiger partial charge in [-0.15, -0.1) is 0 Å². The third-order valence-electron chi connectivity index (χ3n) is 2.16. The van der Waals surface area contributed by atoms with E-state index in [4.69, 9.17) is 16.7 Å². The topological polar surface area (TPSA) is 62.2 Å². The Morgan fingerprint density at radius 2 is 2.25 bits per heavy atom. The first-order chi connectivity index (χ1) is 7.39. The van der Waals surface area contributed by atoms with Gasteiger partial charge in [0.1, 0.15) is 5.82 Å². The van der Waals surface area contributed by atoms with Gasteiger partial charge in [0, 0.05) is 18.2 Å². The third kappa shape index (κ3) is 4.49. The van der Waals surface area contributed by atoms with Gasteiger partial charge in [0.05, 0.1) is 5.02 Å². The van der Waals surface area contributed by atoms with Crippen LogP contribution in [0.15, 0.2) is 18.3 Å². The maximum atomic E-state index is 10.5. The van der Waals surface area contributed by atoms with E-state index in [0.29, 0.717) is 17.3 Å². The third-order valence-corrected chi connectivity index (χ3v) is 2.38. The van der Waals surface area contributed by atoms with E-state index in [2.05, 4.69) is 10.3 Å². The Balaban J connectivity index is 2.57. The number of anilines is 1. The molecular weight excluding hydrogens is 228 g/mol. The van der Waals surface area contributed by atoms with E-state index in [-0.39, 0.29) is 12.0 Å². The number of carboxylic acid groups (broad SMARTS) is 1. The van der Waals surface area contributed by atoms with Gasteiger partial charge in [-0.2, -0.15) is 0 Å². The predicted molar refractivity (Wildman–Crippen MR) is 63.8 cm³/mol. The molecule has 0 aromatic carbocycles. The summed E-state index contributed by atoms with van der Waals surface area (Å²) in [5, 5.41) is 12.4. The Bertz CT molecular complexity index is 363. The molecule has 0 amide bonds. The quantitative estimate of drug-likeness (QED) is 0.834. The monoisotopic (exact) mass is 242 g/mol. The SMILES string of the molecule is CC(C)(CCC(=O)O)Nc1ccc(Cl)cn1. The Morgan fingerprint density at radius 1 is 1.56 bits per heavy atom. The summed E-state index contributed by atoms with van der Waals surface area (Å²) in [6.45, 7) is 3.87. The van der Waals surface area contributed by atoms with Crippen LogP contribution in [0.2, 0.25) is 5.02 Å². The Hall–Kier alpha value is -1.29. The molecule has 16 heavy (non-hydrogen) atoms. The average Bonchev–Trinajstić information content (AvgIpc) is 2.19. The summed E-state index contributed by atoms with van der Waals surface area (Å²) in [7, 11) is 0. The van der Waals surface area contributed by atoms with E-state index in [1.807, 2.05) is 13.8 Å². The highest BCUT2D eigenvalue weighted by atomic mass is 35.5. The fraction of sp³-hybridized carbons (Fsp3) is 0.455. The summed E-state index contributed by atoms with van der Waals surface area (Å²) in [4.78, 5) is 14.6. The molecule has 0 spiro atoms. The smallest absolute Gasteiger partial charge is 0.303 e. The fourth-order valence-electron chi connectivity index (χ4n) is 1.28. The summed E-state index contributed by atoms with van der Waals surface area (Å²) >= 11 is 5.72. The van der Waals surface area contributed by atoms with Gasteiger partial charge >= 0.3 is 5.97 Å². The highest BCUT2D eigenvalue weighted by Crippen LogP contribution is 2.19. The molecule has 88 valence electrons. The lowest BCUT2D eigenvalue weighted by Crippen LogP contribution is -2.31. The zero-order chi connectivity index (χ0) is 12.2. The number of aliphatic carboxylic acids is 1. The van der Waals surface area contributed by atoms with Crippen LogP contribution in [0.5, 0.6) is 0 Å². The van der Waals surface area contributed by atoms with E-state index >= 15 is 0 Å². The van der Waals surface area contributed by atoms with Crippen molar-refractivity contribution in [3.8, 4) is 0 Å². The Kier molecular flexibility index (Phi) is 4.12. The summed E-state index contributed by atoms with van der Waals surface area (Å²) in [6.07, 6.45) is 2.22. The molecule has 4 nitrogen and oxygen atoms in total. The van der Waals surface area contributed by atoms with Crippen molar-refractivity contribution in [2.45, 2.75) is 32.2 Å². The van der Waals surface area contributed by atoms with Crippen LogP contribution in [0.4, 0.5) is 5.82 Å².